The Morgan fingerprint density at radius 2 is 2.22 bits per heavy atom. The average molecular weight is 371 g/mol. The van der Waals surface area contributed by atoms with Crippen LogP contribution in [0.1, 0.15) is 24.6 Å². The highest BCUT2D eigenvalue weighted by Gasteiger charge is 2.21. The molecule has 0 saturated heterocycles. The van der Waals surface area contributed by atoms with Crippen molar-refractivity contribution in [1.29, 1.82) is 0 Å². The van der Waals surface area contributed by atoms with E-state index in [9.17, 15) is 13.6 Å². The maximum absolute atomic E-state index is 12.8. The zero-order valence-electron chi connectivity index (χ0n) is 9.87. The molecule has 0 aromatic carbocycles. The summed E-state index contributed by atoms with van der Waals surface area (Å²) in [5.74, 6) is -0.420. The molecule has 0 aliphatic carbocycles. The molecule has 1 aromatic heterocycles. The molecule has 0 spiro atoms. The quantitative estimate of drug-likeness (QED) is 0.454. The first-order valence-corrected chi connectivity index (χ1v) is 6.24. The molecule has 0 N–H and O–H groups in total. The summed E-state index contributed by atoms with van der Waals surface area (Å²) in [5.41, 5.74) is 0.0878. The maximum Gasteiger partial charge on any atom is 0.311 e. The van der Waals surface area contributed by atoms with Crippen LogP contribution >= 0.6 is 22.6 Å². The van der Waals surface area contributed by atoms with E-state index in [0.29, 0.717) is 5.69 Å². The number of nitrogens with zero attached hydrogens (tertiary/aromatic N) is 1. The molecular weight excluding hydrogens is 359 g/mol. The van der Waals surface area contributed by atoms with E-state index in [2.05, 4.69) is 4.98 Å². The second-order valence-corrected chi connectivity index (χ2v) is 4.32. The van der Waals surface area contributed by atoms with Gasteiger partial charge in [-0.05, 0) is 29.5 Å². The molecule has 0 saturated carbocycles. The number of hydrogen-bond donors (Lipinski definition) is 0. The Balaban J connectivity index is 3.03. The van der Waals surface area contributed by atoms with E-state index in [1.165, 1.54) is 13.2 Å². The van der Waals surface area contributed by atoms with Crippen LogP contribution in [0.2, 0.25) is 0 Å². The lowest BCUT2D eigenvalue weighted by Gasteiger charge is -2.11. The number of aromatic nitrogens is 1. The van der Waals surface area contributed by atoms with Crippen molar-refractivity contribution in [3.05, 3.63) is 21.0 Å². The lowest BCUT2D eigenvalue weighted by molar-refractivity contribution is -0.142. The molecule has 0 radical (unpaired) electrons. The zero-order valence-corrected chi connectivity index (χ0v) is 12.0. The van der Waals surface area contributed by atoms with Gasteiger partial charge in [0.1, 0.15) is 9.45 Å². The number of ether oxygens (including phenoxy) is 2. The van der Waals surface area contributed by atoms with Crippen LogP contribution in [-0.4, -0.2) is 24.7 Å². The van der Waals surface area contributed by atoms with Crippen molar-refractivity contribution < 1.29 is 23.0 Å². The standard InChI is InChI=1S/C11H12F2INO3/c1-3-18-8(16)5-6-4-7(17-2)9(10(12)13)11(14)15-6/h4,10H,3,5H2,1-2H3. The molecule has 1 rings (SSSR count). The highest BCUT2D eigenvalue weighted by molar-refractivity contribution is 14.1. The van der Waals surface area contributed by atoms with Gasteiger partial charge in [0.25, 0.3) is 6.43 Å². The first kappa shape index (κ1) is 15.1. The van der Waals surface area contributed by atoms with Gasteiger partial charge < -0.3 is 9.47 Å². The van der Waals surface area contributed by atoms with Crippen LogP contribution in [0.4, 0.5) is 8.78 Å². The van der Waals surface area contributed by atoms with E-state index in [4.69, 9.17) is 9.47 Å². The van der Waals surface area contributed by atoms with E-state index in [1.807, 2.05) is 0 Å². The molecule has 0 fully saturated rings. The zero-order chi connectivity index (χ0) is 13.7. The number of pyridine rings is 1. The summed E-state index contributed by atoms with van der Waals surface area (Å²) in [6.07, 6.45) is -2.74. The summed E-state index contributed by atoms with van der Waals surface area (Å²) in [4.78, 5) is 15.2. The summed E-state index contributed by atoms with van der Waals surface area (Å²) in [7, 11) is 1.30. The number of halogens is 3. The van der Waals surface area contributed by atoms with E-state index in [1.54, 1.807) is 29.5 Å². The van der Waals surface area contributed by atoms with Crippen LogP contribution in [-0.2, 0) is 16.0 Å². The molecule has 1 heterocycles. The van der Waals surface area contributed by atoms with Gasteiger partial charge in [0.05, 0.1) is 31.4 Å². The highest BCUT2D eigenvalue weighted by Crippen LogP contribution is 2.32. The fourth-order valence-electron chi connectivity index (χ4n) is 1.37. The Kier molecular flexibility index (Phi) is 5.70. The molecule has 0 aliphatic rings. The minimum absolute atomic E-state index is 0.0312. The van der Waals surface area contributed by atoms with Crippen molar-refractivity contribution in [3.63, 3.8) is 0 Å². The van der Waals surface area contributed by atoms with E-state index in [0.717, 1.165) is 0 Å². The van der Waals surface area contributed by atoms with Crippen LogP contribution in [0.25, 0.3) is 0 Å². The number of alkyl halides is 2. The number of rotatable bonds is 5. The molecule has 0 bridgehead atoms. The van der Waals surface area contributed by atoms with Crippen molar-refractivity contribution >= 4 is 28.6 Å². The number of hydrogen-bond acceptors (Lipinski definition) is 4. The van der Waals surface area contributed by atoms with E-state index in [-0.39, 0.29) is 28.0 Å². The Hall–Kier alpha value is -0.990. The Morgan fingerprint density at radius 1 is 1.56 bits per heavy atom. The fourth-order valence-corrected chi connectivity index (χ4v) is 2.18. The molecular formula is C11H12F2INO3. The number of esters is 1. The summed E-state index contributed by atoms with van der Waals surface area (Å²) in [6, 6.07) is 1.33. The van der Waals surface area contributed by atoms with Crippen molar-refractivity contribution in [1.82, 2.24) is 4.98 Å². The molecule has 0 amide bonds. The monoisotopic (exact) mass is 371 g/mol. The summed E-state index contributed by atoms with van der Waals surface area (Å²) in [5, 5.41) is 0. The van der Waals surface area contributed by atoms with Crippen molar-refractivity contribution in [2.75, 3.05) is 13.7 Å². The van der Waals surface area contributed by atoms with Crippen molar-refractivity contribution in [2.45, 2.75) is 19.8 Å². The third kappa shape index (κ3) is 3.76. The van der Waals surface area contributed by atoms with Crippen molar-refractivity contribution in [2.24, 2.45) is 0 Å². The second kappa shape index (κ2) is 6.81. The molecule has 0 atom stereocenters. The van der Waals surface area contributed by atoms with Crippen LogP contribution < -0.4 is 4.74 Å². The van der Waals surface area contributed by atoms with Gasteiger partial charge in [-0.2, -0.15) is 0 Å². The topological polar surface area (TPSA) is 48.4 Å². The predicted octanol–water partition coefficient (Wildman–Crippen LogP) is 2.74. The highest BCUT2D eigenvalue weighted by atomic mass is 127. The SMILES string of the molecule is CCOC(=O)Cc1cc(OC)c(C(F)F)c(I)n1. The molecule has 0 aliphatic heterocycles. The maximum atomic E-state index is 12.8. The first-order chi connectivity index (χ1) is 8.49. The van der Waals surface area contributed by atoms with Gasteiger partial charge in [-0.3, -0.25) is 4.79 Å². The summed E-state index contributed by atoms with van der Waals surface area (Å²) < 4.78 is 35.3. The van der Waals surface area contributed by atoms with Crippen LogP contribution in [0.15, 0.2) is 6.07 Å². The van der Waals surface area contributed by atoms with Gasteiger partial charge in [0.2, 0.25) is 0 Å². The van der Waals surface area contributed by atoms with E-state index < -0.39 is 12.4 Å². The fraction of sp³-hybridized carbons (Fsp3) is 0.455. The number of carbonyl (C=O) groups is 1. The van der Waals surface area contributed by atoms with Gasteiger partial charge in [0.15, 0.2) is 0 Å². The minimum atomic E-state index is -2.67. The molecule has 1 aromatic rings. The van der Waals surface area contributed by atoms with Gasteiger partial charge in [-0.15, -0.1) is 0 Å². The molecule has 100 valence electrons. The van der Waals surface area contributed by atoms with Crippen molar-refractivity contribution in [3.8, 4) is 5.75 Å². The Morgan fingerprint density at radius 3 is 2.72 bits per heavy atom. The summed E-state index contributed by atoms with van der Waals surface area (Å²) >= 11 is 1.70. The molecule has 0 unspecified atom stereocenters. The smallest absolute Gasteiger partial charge is 0.311 e. The second-order valence-electron chi connectivity index (χ2n) is 3.30. The van der Waals surface area contributed by atoms with Gasteiger partial charge in [-0.25, -0.2) is 13.8 Å². The first-order valence-electron chi connectivity index (χ1n) is 5.16. The largest absolute Gasteiger partial charge is 0.496 e. The van der Waals surface area contributed by atoms with Gasteiger partial charge in [0, 0.05) is 6.07 Å². The average Bonchev–Trinajstić information content (AvgIpc) is 2.27. The molecule has 7 heteroatoms. The predicted molar refractivity (Wildman–Crippen MR) is 68.8 cm³/mol. The van der Waals surface area contributed by atoms with Gasteiger partial charge in [-0.1, -0.05) is 0 Å². The third-order valence-electron chi connectivity index (χ3n) is 2.10. The number of carbonyl (C=O) groups excluding carboxylic acids is 1. The normalized spacial score (nSPS) is 10.6. The Bertz CT molecular complexity index is 441. The molecule has 4 nitrogen and oxygen atoms in total. The molecule has 18 heavy (non-hydrogen) atoms. The van der Waals surface area contributed by atoms with Crippen LogP contribution in [0.5, 0.6) is 5.75 Å². The number of methoxy groups -OCH3 is 1. The van der Waals surface area contributed by atoms with E-state index >= 15 is 0 Å². The third-order valence-corrected chi connectivity index (χ3v) is 2.92. The minimum Gasteiger partial charge on any atom is -0.496 e. The lowest BCUT2D eigenvalue weighted by Crippen LogP contribution is -2.10. The summed E-state index contributed by atoms with van der Waals surface area (Å²) in [6.45, 7) is 1.96. The van der Waals surface area contributed by atoms with Crippen LogP contribution in [0, 0.1) is 3.70 Å². The lowest BCUT2D eigenvalue weighted by atomic mass is 10.2. The Labute approximate surface area is 117 Å². The van der Waals surface area contributed by atoms with Gasteiger partial charge >= 0.3 is 5.97 Å². The van der Waals surface area contributed by atoms with Crippen LogP contribution in [0.3, 0.4) is 0 Å².